The molecule has 0 saturated carbocycles. The van der Waals surface area contributed by atoms with Crippen LogP contribution >= 0.6 is 0 Å². The highest BCUT2D eigenvalue weighted by Gasteiger charge is 2.54. The van der Waals surface area contributed by atoms with Gasteiger partial charge >= 0.3 is 0 Å². The minimum Gasteiger partial charge on any atom is -0.394 e. The normalized spacial score (nSPS) is 26.9. The van der Waals surface area contributed by atoms with Crippen molar-refractivity contribution in [3.63, 3.8) is 0 Å². The summed E-state index contributed by atoms with van der Waals surface area (Å²) in [6.07, 6.45) is 54.4. The largest absolute Gasteiger partial charge is 0.394 e. The zero-order valence-electron chi connectivity index (χ0n) is 61.9. The SMILES string of the molecule is CC/C=C\C/C=C\C/C=C\C/C=C\C/C=C\C/C=C\CCCCCCCCCCCCCCCCCCCCCCC(=O)NC(COC1OC(CO)C(OC2OC(CO)C(OC3OC(CO)C(O)C(O)C3O)C(O)C2O)C(O)C1O)C(O)/C=C/CCCCCCCCCCCCCCCC. The van der Waals surface area contributed by atoms with Crippen LogP contribution < -0.4 is 5.32 Å². The average Bonchev–Trinajstić information content (AvgIpc) is 0.784. The van der Waals surface area contributed by atoms with E-state index in [1.54, 1.807) is 6.08 Å². The predicted molar refractivity (Wildman–Crippen MR) is 397 cm³/mol. The predicted octanol–water partition coefficient (Wildman–Crippen LogP) is 13.0. The van der Waals surface area contributed by atoms with Crippen LogP contribution in [-0.2, 0) is 33.2 Å². The molecule has 17 unspecified atom stereocenters. The number of allylic oxidation sites excluding steroid dienone is 13. The number of hydrogen-bond acceptors (Lipinski definition) is 18. The van der Waals surface area contributed by atoms with Gasteiger partial charge in [-0.3, -0.25) is 4.79 Å². The van der Waals surface area contributed by atoms with Gasteiger partial charge in [0.25, 0.3) is 0 Å². The maximum Gasteiger partial charge on any atom is 0.220 e. The molecule has 3 saturated heterocycles. The van der Waals surface area contributed by atoms with E-state index in [-0.39, 0.29) is 18.9 Å². The molecule has 0 aliphatic carbocycles. The first-order valence-electron chi connectivity index (χ1n) is 39.8. The summed E-state index contributed by atoms with van der Waals surface area (Å²) >= 11 is 0. The highest BCUT2D eigenvalue weighted by Crippen LogP contribution is 2.33. The monoisotopic (exact) mass is 1420 g/mol. The molecule has 17 atom stereocenters. The first-order chi connectivity index (χ1) is 48.8. The number of hydrogen-bond donors (Lipinski definition) is 12. The van der Waals surface area contributed by atoms with E-state index in [9.17, 15) is 61.0 Å². The number of carbonyl (C=O) groups is 1. The van der Waals surface area contributed by atoms with Crippen LogP contribution in [0.2, 0.25) is 0 Å². The minimum atomic E-state index is -1.98. The number of carbonyl (C=O) groups excluding carboxylic acids is 1. The fraction of sp³-hybridized carbons (Fsp3) is 0.815. The molecule has 3 fully saturated rings. The van der Waals surface area contributed by atoms with Gasteiger partial charge in [0.15, 0.2) is 18.9 Å². The van der Waals surface area contributed by atoms with E-state index in [1.165, 1.54) is 180 Å². The molecule has 19 nitrogen and oxygen atoms in total. The number of rotatable bonds is 62. The van der Waals surface area contributed by atoms with Gasteiger partial charge in [0, 0.05) is 6.42 Å². The molecular weight excluding hydrogens is 1270 g/mol. The molecule has 3 aliphatic rings. The molecule has 0 aromatic carbocycles. The lowest BCUT2D eigenvalue weighted by molar-refractivity contribution is -0.379. The Bertz CT molecular complexity index is 2140. The summed E-state index contributed by atoms with van der Waals surface area (Å²) in [6, 6.07) is -0.975. The van der Waals surface area contributed by atoms with Gasteiger partial charge in [-0.25, -0.2) is 0 Å². The van der Waals surface area contributed by atoms with Crippen LogP contribution in [0.3, 0.4) is 0 Å². The zero-order valence-corrected chi connectivity index (χ0v) is 61.9. The number of amides is 1. The van der Waals surface area contributed by atoms with Crippen LogP contribution in [0.15, 0.2) is 85.1 Å². The molecule has 1 amide bonds. The van der Waals surface area contributed by atoms with E-state index in [4.69, 9.17) is 28.4 Å². The summed E-state index contributed by atoms with van der Waals surface area (Å²) in [5.41, 5.74) is 0. The third-order valence-corrected chi connectivity index (χ3v) is 19.4. The quantitative estimate of drug-likeness (QED) is 0.0199. The van der Waals surface area contributed by atoms with Crippen LogP contribution in [0.4, 0.5) is 0 Å². The second-order valence-electron chi connectivity index (χ2n) is 28.1. The average molecular weight is 1420 g/mol. The van der Waals surface area contributed by atoms with Crippen LogP contribution in [0.25, 0.3) is 0 Å². The third kappa shape index (κ3) is 41.0. The topological polar surface area (TPSA) is 307 Å². The molecule has 0 radical (unpaired) electrons. The molecule has 3 aliphatic heterocycles. The fourth-order valence-electron chi connectivity index (χ4n) is 13.1. The van der Waals surface area contributed by atoms with Crippen LogP contribution in [-0.4, -0.2) is 193 Å². The summed E-state index contributed by atoms with van der Waals surface area (Å²) in [6.45, 7) is 1.64. The van der Waals surface area contributed by atoms with Gasteiger partial charge in [-0.2, -0.15) is 0 Å². The van der Waals surface area contributed by atoms with Gasteiger partial charge in [-0.1, -0.05) is 298 Å². The summed E-state index contributed by atoms with van der Waals surface area (Å²) in [5, 5.41) is 121. The summed E-state index contributed by atoms with van der Waals surface area (Å²) in [4.78, 5) is 13.5. The van der Waals surface area contributed by atoms with E-state index in [2.05, 4.69) is 92.1 Å². The van der Waals surface area contributed by atoms with Crippen molar-refractivity contribution >= 4 is 5.91 Å². The molecule has 0 spiro atoms. The van der Waals surface area contributed by atoms with Crippen molar-refractivity contribution in [1.82, 2.24) is 5.32 Å². The number of unbranched alkanes of at least 4 members (excludes halogenated alkanes) is 34. The van der Waals surface area contributed by atoms with Crippen molar-refractivity contribution in [2.24, 2.45) is 0 Å². The van der Waals surface area contributed by atoms with Crippen LogP contribution in [0.5, 0.6) is 0 Å². The highest BCUT2D eigenvalue weighted by atomic mass is 16.8. The molecule has 3 heterocycles. The lowest BCUT2D eigenvalue weighted by Gasteiger charge is -2.48. The first kappa shape index (κ1) is 91.2. The molecule has 580 valence electrons. The van der Waals surface area contributed by atoms with Gasteiger partial charge in [0.05, 0.1) is 38.6 Å². The van der Waals surface area contributed by atoms with Crippen molar-refractivity contribution in [2.75, 3.05) is 26.4 Å². The van der Waals surface area contributed by atoms with E-state index >= 15 is 0 Å². The van der Waals surface area contributed by atoms with Crippen LogP contribution in [0, 0.1) is 0 Å². The summed E-state index contributed by atoms with van der Waals surface area (Å²) in [7, 11) is 0. The lowest BCUT2D eigenvalue weighted by Crippen LogP contribution is -2.66. The van der Waals surface area contributed by atoms with E-state index in [0.717, 1.165) is 83.5 Å². The Hall–Kier alpha value is -3.03. The molecule has 19 heteroatoms. The zero-order chi connectivity index (χ0) is 72.5. The third-order valence-electron chi connectivity index (χ3n) is 19.4. The Balaban J connectivity index is 1.31. The van der Waals surface area contributed by atoms with Crippen molar-refractivity contribution in [3.05, 3.63) is 85.1 Å². The first-order valence-corrected chi connectivity index (χ1v) is 39.8. The highest BCUT2D eigenvalue weighted by molar-refractivity contribution is 5.76. The molecule has 0 aromatic heterocycles. The molecular formula is C81H143NO18. The van der Waals surface area contributed by atoms with Gasteiger partial charge < -0.3 is 89.9 Å². The van der Waals surface area contributed by atoms with Gasteiger partial charge in [-0.05, 0) is 70.6 Å². The van der Waals surface area contributed by atoms with Gasteiger partial charge in [0.1, 0.15) is 73.2 Å². The standard InChI is InChI=1S/C81H143NO18/c1-3-5-7-9-11-13-15-17-19-21-22-23-24-25-26-27-28-29-30-31-32-33-34-35-36-37-38-39-40-41-42-43-45-47-49-51-53-55-57-59-69(87)82-64(65(86)58-56-54-52-50-48-46-44-20-18-16-14-12-10-8-6-4-2)63-95-79-75(93)72(90)77(67(61-84)97-79)100-81-76(94)73(91)78(68(62-85)98-81)99-80-74(92)71(89)70(88)66(60-83)96-80/h5,7,11,13,17,19,22-23,25-26,28-29,56,58,64-68,70-81,83-86,88-94H,3-4,6,8-10,12,14-16,18,20-21,24,27,30-55,57,59-63H2,1-2H3,(H,82,87)/b7-5-,13-11-,19-17-,23-22-,26-25-,29-28-,58-56+. The Morgan fingerprint density at radius 2 is 0.690 bits per heavy atom. The van der Waals surface area contributed by atoms with Crippen molar-refractivity contribution < 1.29 is 89.4 Å². The maximum absolute atomic E-state index is 13.5. The number of aliphatic hydroxyl groups excluding tert-OH is 11. The smallest absolute Gasteiger partial charge is 0.220 e. The molecule has 3 rings (SSSR count). The molecule has 0 aromatic rings. The second-order valence-corrected chi connectivity index (χ2v) is 28.1. The lowest BCUT2D eigenvalue weighted by atomic mass is 9.96. The molecule has 12 N–H and O–H groups in total. The Kier molecular flexibility index (Phi) is 55.8. The van der Waals surface area contributed by atoms with Gasteiger partial charge in [-0.15, -0.1) is 0 Å². The maximum atomic E-state index is 13.5. The molecule has 100 heavy (non-hydrogen) atoms. The fourth-order valence-corrected chi connectivity index (χ4v) is 13.1. The van der Waals surface area contributed by atoms with E-state index in [1.807, 2.05) is 6.08 Å². The summed E-state index contributed by atoms with van der Waals surface area (Å²) in [5.74, 6) is -0.273. The van der Waals surface area contributed by atoms with Crippen molar-refractivity contribution in [3.8, 4) is 0 Å². The van der Waals surface area contributed by atoms with Crippen LogP contribution in [0.1, 0.15) is 290 Å². The molecule has 0 bridgehead atoms. The van der Waals surface area contributed by atoms with Crippen molar-refractivity contribution in [1.29, 1.82) is 0 Å². The Morgan fingerprint density at radius 1 is 0.370 bits per heavy atom. The number of nitrogens with one attached hydrogen (secondary N) is 1. The van der Waals surface area contributed by atoms with Gasteiger partial charge in [0.2, 0.25) is 5.91 Å². The summed E-state index contributed by atoms with van der Waals surface area (Å²) < 4.78 is 34.4. The van der Waals surface area contributed by atoms with E-state index < -0.39 is 124 Å². The number of aliphatic hydroxyl groups is 11. The Labute approximate surface area is 603 Å². The van der Waals surface area contributed by atoms with E-state index in [0.29, 0.717) is 6.42 Å². The Morgan fingerprint density at radius 3 is 1.08 bits per heavy atom. The minimum absolute atomic E-state index is 0.243. The second kappa shape index (κ2) is 61.2. The number of ether oxygens (including phenoxy) is 6. The van der Waals surface area contributed by atoms with Crippen molar-refractivity contribution in [2.45, 2.75) is 394 Å².